The van der Waals surface area contributed by atoms with E-state index in [4.69, 9.17) is 0 Å². The van der Waals surface area contributed by atoms with E-state index >= 15 is 0 Å². The van der Waals surface area contributed by atoms with Crippen LogP contribution in [0.25, 0.3) is 0 Å². The summed E-state index contributed by atoms with van der Waals surface area (Å²) in [4.78, 5) is 14.0. The van der Waals surface area contributed by atoms with Gasteiger partial charge in [0.25, 0.3) is 0 Å². The topological polar surface area (TPSA) is 20.3 Å². The van der Waals surface area contributed by atoms with Gasteiger partial charge < -0.3 is 4.90 Å². The lowest BCUT2D eigenvalue weighted by Gasteiger charge is -2.30. The lowest BCUT2D eigenvalue weighted by molar-refractivity contribution is -0.137. The van der Waals surface area contributed by atoms with Gasteiger partial charge in [-0.15, -0.1) is 0 Å². The van der Waals surface area contributed by atoms with Crippen molar-refractivity contribution in [3.05, 3.63) is 29.8 Å². The quantitative estimate of drug-likeness (QED) is 0.795. The molecule has 1 aliphatic rings. The molecule has 110 valence electrons. The average Bonchev–Trinajstić information content (AvgIpc) is 3.12. The Labute approximate surface area is 116 Å². The van der Waals surface area contributed by atoms with Crippen LogP contribution in [0.5, 0.6) is 0 Å². The second-order valence-corrected chi connectivity index (χ2v) is 6.20. The molecule has 1 amide bonds. The van der Waals surface area contributed by atoms with Crippen molar-refractivity contribution in [2.24, 2.45) is 5.41 Å². The summed E-state index contributed by atoms with van der Waals surface area (Å²) in [6.45, 7) is 5.33. The SMILES string of the molecule is CC(C)(C)C(=O)N(c1cccc(C(F)(F)F)c1)C1CC1. The van der Waals surface area contributed by atoms with Crippen LogP contribution in [0.15, 0.2) is 24.3 Å². The highest BCUT2D eigenvalue weighted by molar-refractivity contribution is 5.98. The number of carbonyl (C=O) groups excluding carboxylic acids is 1. The first kappa shape index (κ1) is 14.9. The minimum atomic E-state index is -4.39. The zero-order valence-corrected chi connectivity index (χ0v) is 11.8. The number of rotatable bonds is 2. The van der Waals surface area contributed by atoms with Crippen molar-refractivity contribution in [3.8, 4) is 0 Å². The standard InChI is InChI=1S/C15H18F3NO/c1-14(2,3)13(20)19(11-7-8-11)12-6-4-5-10(9-12)15(16,17)18/h4-6,9,11H,7-8H2,1-3H3. The van der Waals surface area contributed by atoms with Gasteiger partial charge >= 0.3 is 6.18 Å². The number of hydrogen-bond acceptors (Lipinski definition) is 1. The molecule has 1 aromatic rings. The van der Waals surface area contributed by atoms with Gasteiger partial charge in [0.05, 0.1) is 5.56 Å². The molecule has 20 heavy (non-hydrogen) atoms. The molecule has 0 aromatic heterocycles. The molecule has 2 nitrogen and oxygen atoms in total. The summed E-state index contributed by atoms with van der Waals surface area (Å²) in [6, 6.07) is 5.03. The third kappa shape index (κ3) is 3.14. The van der Waals surface area contributed by atoms with Crippen LogP contribution in [0.3, 0.4) is 0 Å². The summed E-state index contributed by atoms with van der Waals surface area (Å²) in [5.41, 5.74) is -0.999. The number of nitrogens with zero attached hydrogens (tertiary/aromatic N) is 1. The summed E-state index contributed by atoms with van der Waals surface area (Å²) in [5, 5.41) is 0. The molecule has 1 fully saturated rings. The van der Waals surface area contributed by atoms with Crippen LogP contribution in [0.2, 0.25) is 0 Å². The van der Waals surface area contributed by atoms with E-state index in [-0.39, 0.29) is 11.9 Å². The first-order valence-electron chi connectivity index (χ1n) is 6.61. The van der Waals surface area contributed by atoms with Crippen molar-refractivity contribution in [2.75, 3.05) is 4.90 Å². The lowest BCUT2D eigenvalue weighted by atomic mass is 9.94. The van der Waals surface area contributed by atoms with Crippen LogP contribution >= 0.6 is 0 Å². The summed E-state index contributed by atoms with van der Waals surface area (Å²) in [7, 11) is 0. The first-order chi connectivity index (χ1) is 9.10. The van der Waals surface area contributed by atoms with Crippen LogP contribution in [0.4, 0.5) is 18.9 Å². The molecule has 0 saturated heterocycles. The van der Waals surface area contributed by atoms with E-state index < -0.39 is 17.2 Å². The highest BCUT2D eigenvalue weighted by Gasteiger charge is 2.39. The van der Waals surface area contributed by atoms with Gasteiger partial charge in [-0.3, -0.25) is 4.79 Å². The van der Waals surface area contributed by atoms with Crippen molar-refractivity contribution in [1.29, 1.82) is 0 Å². The average molecular weight is 285 g/mol. The summed E-state index contributed by atoms with van der Waals surface area (Å²) in [5.74, 6) is -0.140. The molecule has 1 saturated carbocycles. The Morgan fingerprint density at radius 2 is 1.80 bits per heavy atom. The zero-order chi connectivity index (χ0) is 15.1. The van der Waals surface area contributed by atoms with Crippen molar-refractivity contribution >= 4 is 11.6 Å². The van der Waals surface area contributed by atoms with Gasteiger partial charge in [0.1, 0.15) is 0 Å². The molecule has 0 aliphatic heterocycles. The maximum absolute atomic E-state index is 12.8. The number of halogens is 3. The third-order valence-electron chi connectivity index (χ3n) is 3.22. The number of amides is 1. The van der Waals surface area contributed by atoms with Gasteiger partial charge in [-0.25, -0.2) is 0 Å². The highest BCUT2D eigenvalue weighted by Crippen LogP contribution is 2.38. The van der Waals surface area contributed by atoms with E-state index in [0.29, 0.717) is 5.69 Å². The number of anilines is 1. The smallest absolute Gasteiger partial charge is 0.309 e. The first-order valence-corrected chi connectivity index (χ1v) is 6.61. The van der Waals surface area contributed by atoms with Crippen molar-refractivity contribution in [1.82, 2.24) is 0 Å². The molecule has 1 aromatic carbocycles. The van der Waals surface area contributed by atoms with Crippen LogP contribution in [0.1, 0.15) is 39.2 Å². The lowest BCUT2D eigenvalue weighted by Crippen LogP contribution is -2.41. The predicted octanol–water partition coefficient (Wildman–Crippen LogP) is 4.25. The van der Waals surface area contributed by atoms with Crippen LogP contribution in [-0.2, 0) is 11.0 Å². The molecule has 0 N–H and O–H groups in total. The van der Waals surface area contributed by atoms with E-state index in [2.05, 4.69) is 0 Å². The van der Waals surface area contributed by atoms with Crippen LogP contribution in [-0.4, -0.2) is 11.9 Å². The number of alkyl halides is 3. The number of carbonyl (C=O) groups is 1. The summed E-state index contributed by atoms with van der Waals surface area (Å²) in [6.07, 6.45) is -2.70. The van der Waals surface area contributed by atoms with Crippen molar-refractivity contribution < 1.29 is 18.0 Å². The molecule has 0 spiro atoms. The molecular weight excluding hydrogens is 267 g/mol. The second kappa shape index (κ2) is 4.79. The van der Waals surface area contributed by atoms with Gasteiger partial charge in [-0.2, -0.15) is 13.2 Å². The molecule has 0 bridgehead atoms. The Hall–Kier alpha value is -1.52. The maximum Gasteiger partial charge on any atom is 0.416 e. The monoisotopic (exact) mass is 285 g/mol. The molecule has 0 unspecified atom stereocenters. The third-order valence-corrected chi connectivity index (χ3v) is 3.22. The molecule has 0 heterocycles. The Bertz CT molecular complexity index is 513. The highest BCUT2D eigenvalue weighted by atomic mass is 19.4. The second-order valence-electron chi connectivity index (χ2n) is 6.20. The maximum atomic E-state index is 12.8. The summed E-state index contributed by atoms with van der Waals surface area (Å²) >= 11 is 0. The normalized spacial score (nSPS) is 16.1. The Morgan fingerprint density at radius 3 is 2.25 bits per heavy atom. The molecular formula is C15H18F3NO. The van der Waals surface area contributed by atoms with Gasteiger partial charge in [0.15, 0.2) is 0 Å². The van der Waals surface area contributed by atoms with Crippen molar-refractivity contribution in [2.45, 2.75) is 45.8 Å². The molecule has 0 atom stereocenters. The minimum Gasteiger partial charge on any atom is -0.309 e. The van der Waals surface area contributed by atoms with Gasteiger partial charge in [0.2, 0.25) is 5.91 Å². The summed E-state index contributed by atoms with van der Waals surface area (Å²) < 4.78 is 38.3. The fourth-order valence-electron chi connectivity index (χ4n) is 2.02. The molecule has 5 heteroatoms. The number of hydrogen-bond donors (Lipinski definition) is 0. The van der Waals surface area contributed by atoms with E-state index in [0.717, 1.165) is 25.0 Å². The van der Waals surface area contributed by atoms with Crippen LogP contribution < -0.4 is 4.90 Å². The molecule has 2 rings (SSSR count). The Morgan fingerprint density at radius 1 is 1.20 bits per heavy atom. The number of benzene rings is 1. The zero-order valence-electron chi connectivity index (χ0n) is 11.8. The van der Waals surface area contributed by atoms with Crippen LogP contribution in [0, 0.1) is 5.41 Å². The molecule has 1 aliphatic carbocycles. The van der Waals surface area contributed by atoms with Gasteiger partial charge in [0, 0.05) is 17.1 Å². The largest absolute Gasteiger partial charge is 0.416 e. The fraction of sp³-hybridized carbons (Fsp3) is 0.533. The van der Waals surface area contributed by atoms with E-state index in [1.165, 1.54) is 11.0 Å². The predicted molar refractivity (Wildman–Crippen MR) is 71.4 cm³/mol. The van der Waals surface area contributed by atoms with Crippen molar-refractivity contribution in [3.63, 3.8) is 0 Å². The minimum absolute atomic E-state index is 0.0326. The van der Waals surface area contributed by atoms with E-state index in [1.54, 1.807) is 26.8 Å². The van der Waals surface area contributed by atoms with Gasteiger partial charge in [-0.1, -0.05) is 26.8 Å². The Kier molecular flexibility index (Phi) is 3.56. The fourth-order valence-corrected chi connectivity index (χ4v) is 2.02. The van der Waals surface area contributed by atoms with E-state index in [9.17, 15) is 18.0 Å². The van der Waals surface area contributed by atoms with Gasteiger partial charge in [-0.05, 0) is 31.0 Å². The Balaban J connectivity index is 2.38. The van der Waals surface area contributed by atoms with E-state index in [1.807, 2.05) is 0 Å². The molecule has 0 radical (unpaired) electrons.